The van der Waals surface area contributed by atoms with E-state index in [4.69, 9.17) is 11.6 Å². The van der Waals surface area contributed by atoms with Gasteiger partial charge in [-0.05, 0) is 52.4 Å². The first kappa shape index (κ1) is 17.6. The predicted octanol–water partition coefficient (Wildman–Crippen LogP) is 1.61. The van der Waals surface area contributed by atoms with E-state index in [1.54, 1.807) is 24.3 Å². The van der Waals surface area contributed by atoms with E-state index < -0.39 is 0 Å². The number of hydrogen-bond acceptors (Lipinski definition) is 5. The summed E-state index contributed by atoms with van der Waals surface area (Å²) in [5, 5.41) is 16.8. The number of carbonyl (C=O) groups is 2. The van der Waals surface area contributed by atoms with Crippen LogP contribution in [0.3, 0.4) is 0 Å². The van der Waals surface area contributed by atoms with E-state index in [9.17, 15) is 9.59 Å². The second-order valence-corrected chi connectivity index (χ2v) is 5.87. The number of nitrogens with one attached hydrogen (secondary N) is 2. The molecule has 0 unspecified atom stereocenters. The van der Waals surface area contributed by atoms with Crippen LogP contribution in [0.4, 0.5) is 5.69 Å². The van der Waals surface area contributed by atoms with Gasteiger partial charge >= 0.3 is 0 Å². The number of hydrogen-bond donors (Lipinski definition) is 2. The number of carbonyl (C=O) groups excluding carboxylic acids is 2. The van der Waals surface area contributed by atoms with Crippen molar-refractivity contribution < 1.29 is 9.59 Å². The Balaban J connectivity index is 1.46. The summed E-state index contributed by atoms with van der Waals surface area (Å²) in [4.78, 5) is 23.8. The molecular weight excluding hydrogens is 356 g/mol. The van der Waals surface area contributed by atoms with Gasteiger partial charge in [-0.25, -0.2) is 4.68 Å². The standard InChI is InChI=1S/C17H15ClN6O2/c18-13-3-5-14(6-4-13)21-17(26)10-19-16(25)9-12-1-7-15(8-2-12)24-11-20-22-23-24/h1-8,11H,9-10H2,(H,19,25)(H,21,26). The van der Waals surface area contributed by atoms with Gasteiger partial charge in [0.05, 0.1) is 18.7 Å². The zero-order valence-electron chi connectivity index (χ0n) is 13.6. The van der Waals surface area contributed by atoms with Crippen LogP contribution in [0.15, 0.2) is 54.9 Å². The summed E-state index contributed by atoms with van der Waals surface area (Å²) in [6.45, 7) is -0.107. The fourth-order valence-electron chi connectivity index (χ4n) is 2.21. The number of benzene rings is 2. The number of rotatable bonds is 6. The Morgan fingerprint density at radius 3 is 2.38 bits per heavy atom. The number of tetrazole rings is 1. The highest BCUT2D eigenvalue weighted by molar-refractivity contribution is 6.30. The Hall–Kier alpha value is -3.26. The quantitative estimate of drug-likeness (QED) is 0.686. The second kappa shape index (κ2) is 8.21. The van der Waals surface area contributed by atoms with E-state index in [0.717, 1.165) is 11.3 Å². The molecule has 0 saturated heterocycles. The zero-order valence-corrected chi connectivity index (χ0v) is 14.3. The maximum absolute atomic E-state index is 12.0. The van der Waals surface area contributed by atoms with E-state index in [2.05, 4.69) is 26.2 Å². The molecule has 0 aliphatic heterocycles. The number of anilines is 1. The van der Waals surface area contributed by atoms with Crippen LogP contribution in [0.1, 0.15) is 5.56 Å². The third-order valence-corrected chi connectivity index (χ3v) is 3.74. The van der Waals surface area contributed by atoms with Crippen molar-refractivity contribution >= 4 is 29.1 Å². The first-order valence-corrected chi connectivity index (χ1v) is 8.12. The Morgan fingerprint density at radius 2 is 1.73 bits per heavy atom. The van der Waals surface area contributed by atoms with Crippen molar-refractivity contribution in [3.63, 3.8) is 0 Å². The number of aromatic nitrogens is 4. The third-order valence-electron chi connectivity index (χ3n) is 3.49. The summed E-state index contributed by atoms with van der Waals surface area (Å²) >= 11 is 5.79. The molecule has 0 saturated carbocycles. The largest absolute Gasteiger partial charge is 0.347 e. The molecule has 1 heterocycles. The molecule has 3 rings (SSSR count). The predicted molar refractivity (Wildman–Crippen MR) is 95.9 cm³/mol. The molecule has 9 heteroatoms. The summed E-state index contributed by atoms with van der Waals surface area (Å²) in [7, 11) is 0. The van der Waals surface area contributed by atoms with Crippen molar-refractivity contribution in [2.24, 2.45) is 0 Å². The molecule has 0 atom stereocenters. The molecule has 8 nitrogen and oxygen atoms in total. The van der Waals surface area contributed by atoms with E-state index in [1.807, 2.05) is 24.3 Å². The number of nitrogens with zero attached hydrogens (tertiary/aromatic N) is 4. The van der Waals surface area contributed by atoms with E-state index >= 15 is 0 Å². The molecule has 0 radical (unpaired) electrons. The molecule has 26 heavy (non-hydrogen) atoms. The smallest absolute Gasteiger partial charge is 0.243 e. The fraction of sp³-hybridized carbons (Fsp3) is 0.118. The van der Waals surface area contributed by atoms with Crippen LogP contribution in [-0.2, 0) is 16.0 Å². The maximum Gasteiger partial charge on any atom is 0.243 e. The van der Waals surface area contributed by atoms with Crippen LogP contribution >= 0.6 is 11.6 Å². The van der Waals surface area contributed by atoms with Crippen molar-refractivity contribution in [3.8, 4) is 5.69 Å². The molecule has 1 aromatic heterocycles. The molecule has 3 aromatic rings. The van der Waals surface area contributed by atoms with Crippen LogP contribution in [0, 0.1) is 0 Å². The molecule has 0 bridgehead atoms. The second-order valence-electron chi connectivity index (χ2n) is 5.43. The van der Waals surface area contributed by atoms with Gasteiger partial charge in [0.25, 0.3) is 0 Å². The summed E-state index contributed by atoms with van der Waals surface area (Å²) in [5.41, 5.74) is 2.23. The van der Waals surface area contributed by atoms with Crippen molar-refractivity contribution in [1.29, 1.82) is 0 Å². The Bertz CT molecular complexity index is 879. The van der Waals surface area contributed by atoms with Gasteiger partial charge in [0.2, 0.25) is 11.8 Å². The molecule has 2 amide bonds. The summed E-state index contributed by atoms with van der Waals surface area (Å²) < 4.78 is 1.52. The minimum Gasteiger partial charge on any atom is -0.347 e. The lowest BCUT2D eigenvalue weighted by Gasteiger charge is -2.07. The first-order chi connectivity index (χ1) is 12.6. The first-order valence-electron chi connectivity index (χ1n) is 7.74. The highest BCUT2D eigenvalue weighted by atomic mass is 35.5. The monoisotopic (exact) mass is 370 g/mol. The normalized spacial score (nSPS) is 10.3. The molecule has 2 N–H and O–H groups in total. The molecule has 0 fully saturated rings. The Morgan fingerprint density at radius 1 is 1.00 bits per heavy atom. The summed E-state index contributed by atoms with van der Waals surface area (Å²) in [6.07, 6.45) is 1.66. The maximum atomic E-state index is 12.0. The van der Waals surface area contributed by atoms with Gasteiger partial charge in [0.15, 0.2) is 0 Å². The van der Waals surface area contributed by atoms with E-state index in [-0.39, 0.29) is 24.8 Å². The molecule has 0 aliphatic carbocycles. The number of amides is 2. The lowest BCUT2D eigenvalue weighted by atomic mass is 10.1. The summed E-state index contributed by atoms with van der Waals surface area (Å²) in [6, 6.07) is 14.0. The van der Waals surface area contributed by atoms with Gasteiger partial charge in [-0.1, -0.05) is 23.7 Å². The van der Waals surface area contributed by atoms with E-state index in [1.165, 1.54) is 11.0 Å². The highest BCUT2D eigenvalue weighted by Crippen LogP contribution is 2.13. The highest BCUT2D eigenvalue weighted by Gasteiger charge is 2.08. The van der Waals surface area contributed by atoms with Crippen LogP contribution in [0.2, 0.25) is 5.02 Å². The van der Waals surface area contributed by atoms with Crippen molar-refractivity contribution in [2.45, 2.75) is 6.42 Å². The van der Waals surface area contributed by atoms with Crippen LogP contribution in [0.5, 0.6) is 0 Å². The molecule has 0 aliphatic rings. The molecule has 2 aromatic carbocycles. The van der Waals surface area contributed by atoms with Gasteiger partial charge in [-0.3, -0.25) is 9.59 Å². The van der Waals surface area contributed by atoms with Gasteiger partial charge in [0, 0.05) is 10.7 Å². The molecular formula is C17H15ClN6O2. The van der Waals surface area contributed by atoms with Crippen LogP contribution in [-0.4, -0.2) is 38.6 Å². The lowest BCUT2D eigenvalue weighted by molar-refractivity contribution is -0.123. The topological polar surface area (TPSA) is 102 Å². The minimum absolute atomic E-state index is 0.107. The van der Waals surface area contributed by atoms with Gasteiger partial charge in [-0.15, -0.1) is 5.10 Å². The van der Waals surface area contributed by atoms with Gasteiger partial charge in [0.1, 0.15) is 6.33 Å². The van der Waals surface area contributed by atoms with Crippen LogP contribution < -0.4 is 10.6 Å². The van der Waals surface area contributed by atoms with Crippen molar-refractivity contribution in [1.82, 2.24) is 25.5 Å². The Kier molecular flexibility index (Phi) is 5.55. The van der Waals surface area contributed by atoms with Gasteiger partial charge < -0.3 is 10.6 Å². The summed E-state index contributed by atoms with van der Waals surface area (Å²) in [5.74, 6) is -0.555. The van der Waals surface area contributed by atoms with E-state index in [0.29, 0.717) is 10.7 Å². The number of halogens is 1. The zero-order chi connectivity index (χ0) is 18.4. The van der Waals surface area contributed by atoms with Crippen LogP contribution in [0.25, 0.3) is 5.69 Å². The Labute approximate surface area is 154 Å². The SMILES string of the molecule is O=C(Cc1ccc(-n2cnnn2)cc1)NCC(=O)Nc1ccc(Cl)cc1. The van der Waals surface area contributed by atoms with Gasteiger partial charge in [-0.2, -0.15) is 0 Å². The lowest BCUT2D eigenvalue weighted by Crippen LogP contribution is -2.33. The average molecular weight is 371 g/mol. The third kappa shape index (κ3) is 4.87. The molecule has 0 spiro atoms. The van der Waals surface area contributed by atoms with Crippen molar-refractivity contribution in [3.05, 3.63) is 65.4 Å². The average Bonchev–Trinajstić information content (AvgIpc) is 3.17. The molecule has 132 valence electrons. The fourth-order valence-corrected chi connectivity index (χ4v) is 2.34. The minimum atomic E-state index is -0.310. The van der Waals surface area contributed by atoms with Crippen molar-refractivity contribution in [2.75, 3.05) is 11.9 Å².